The zero-order valence-corrected chi connectivity index (χ0v) is 20.4. The summed E-state index contributed by atoms with van der Waals surface area (Å²) in [6.45, 7) is 6.05. The van der Waals surface area contributed by atoms with E-state index in [0.717, 1.165) is 37.7 Å². The molecule has 1 amide bonds. The predicted molar refractivity (Wildman–Crippen MR) is 135 cm³/mol. The Morgan fingerprint density at radius 3 is 2.44 bits per heavy atom. The highest BCUT2D eigenvalue weighted by atomic mass is 35.5. The Labute approximate surface area is 208 Å². The number of piperazine rings is 1. The quantitative estimate of drug-likeness (QED) is 0.493. The van der Waals surface area contributed by atoms with Crippen molar-refractivity contribution in [2.75, 3.05) is 55.4 Å². The molecule has 1 aliphatic rings. The van der Waals surface area contributed by atoms with Crippen molar-refractivity contribution in [3.63, 3.8) is 0 Å². The first kappa shape index (κ1) is 24.0. The number of hydrogen-bond acceptors (Lipinski definition) is 8. The molecule has 3 heterocycles. The van der Waals surface area contributed by atoms with E-state index in [1.807, 2.05) is 19.1 Å². The van der Waals surface area contributed by atoms with E-state index in [4.69, 9.17) is 27.9 Å². The third-order valence-corrected chi connectivity index (χ3v) is 5.94. The van der Waals surface area contributed by atoms with Gasteiger partial charge in [-0.15, -0.1) is 0 Å². The molecule has 34 heavy (non-hydrogen) atoms. The van der Waals surface area contributed by atoms with Gasteiger partial charge in [-0.25, -0.2) is 9.97 Å². The van der Waals surface area contributed by atoms with Gasteiger partial charge in [-0.3, -0.25) is 4.79 Å². The van der Waals surface area contributed by atoms with Crippen LogP contribution >= 0.6 is 23.2 Å². The number of halogens is 2. The smallest absolute Gasteiger partial charge is 0.262 e. The van der Waals surface area contributed by atoms with Gasteiger partial charge in [0.1, 0.15) is 11.4 Å². The van der Waals surface area contributed by atoms with Crippen LogP contribution in [0.25, 0.3) is 0 Å². The number of anilines is 4. The second-order valence-electron chi connectivity index (χ2n) is 7.72. The molecule has 0 saturated carbocycles. The second kappa shape index (κ2) is 10.9. The summed E-state index contributed by atoms with van der Waals surface area (Å²) in [5.41, 5.74) is 1.19. The molecule has 2 N–H and O–H groups in total. The number of carbonyl (C=O) groups is 1. The van der Waals surface area contributed by atoms with E-state index in [1.54, 1.807) is 24.4 Å². The summed E-state index contributed by atoms with van der Waals surface area (Å²) >= 11 is 12.3. The summed E-state index contributed by atoms with van der Waals surface area (Å²) in [6, 6.07) is 8.86. The molecule has 0 bridgehead atoms. The number of hydrogen-bond donors (Lipinski definition) is 2. The Bertz CT molecular complexity index is 1130. The minimum Gasteiger partial charge on any atom is -0.477 e. The second-order valence-corrected chi connectivity index (χ2v) is 8.53. The van der Waals surface area contributed by atoms with Gasteiger partial charge in [0.05, 0.1) is 34.2 Å². The molecule has 11 heteroatoms. The maximum atomic E-state index is 12.9. The van der Waals surface area contributed by atoms with E-state index in [2.05, 4.69) is 42.4 Å². The van der Waals surface area contributed by atoms with E-state index < -0.39 is 5.91 Å². The van der Waals surface area contributed by atoms with Gasteiger partial charge >= 0.3 is 0 Å². The fraction of sp³-hybridized carbons (Fsp3) is 0.304. The number of aromatic nitrogens is 3. The topological polar surface area (TPSA) is 95.5 Å². The molecular formula is C23H25Cl2N7O2. The molecular weight excluding hydrogens is 477 g/mol. The van der Waals surface area contributed by atoms with Crippen LogP contribution in [0.5, 0.6) is 5.88 Å². The molecule has 178 valence electrons. The number of nitrogens with one attached hydrogen (secondary N) is 2. The largest absolute Gasteiger partial charge is 0.477 e. The molecule has 9 nitrogen and oxygen atoms in total. The SMILES string of the molecule is CCOc1nc(Nc2ccc(N3CCN(C)CC3)nc2)ncc1C(=O)Nc1c(Cl)cccc1Cl. The van der Waals surface area contributed by atoms with Crippen molar-refractivity contribution in [2.45, 2.75) is 6.92 Å². The van der Waals surface area contributed by atoms with Gasteiger partial charge in [-0.05, 0) is 38.2 Å². The molecule has 3 aromatic rings. The summed E-state index contributed by atoms with van der Waals surface area (Å²) < 4.78 is 5.60. The molecule has 0 spiro atoms. The van der Waals surface area contributed by atoms with Crippen molar-refractivity contribution in [1.82, 2.24) is 19.9 Å². The number of para-hydroxylation sites is 1. The average Bonchev–Trinajstić information content (AvgIpc) is 2.83. The zero-order chi connectivity index (χ0) is 24.1. The van der Waals surface area contributed by atoms with Crippen LogP contribution in [-0.2, 0) is 0 Å². The van der Waals surface area contributed by atoms with E-state index in [-0.39, 0.29) is 17.4 Å². The van der Waals surface area contributed by atoms with Gasteiger partial charge in [-0.1, -0.05) is 29.3 Å². The van der Waals surface area contributed by atoms with E-state index in [9.17, 15) is 4.79 Å². The van der Waals surface area contributed by atoms with Crippen molar-refractivity contribution in [3.8, 4) is 5.88 Å². The third-order valence-electron chi connectivity index (χ3n) is 5.31. The average molecular weight is 502 g/mol. The number of carbonyl (C=O) groups excluding carboxylic acids is 1. The van der Waals surface area contributed by atoms with Gasteiger partial charge in [-0.2, -0.15) is 4.98 Å². The molecule has 0 aliphatic carbocycles. The van der Waals surface area contributed by atoms with Crippen LogP contribution in [0.4, 0.5) is 23.1 Å². The lowest BCUT2D eigenvalue weighted by Gasteiger charge is -2.33. The number of ether oxygens (including phenoxy) is 1. The fourth-order valence-electron chi connectivity index (χ4n) is 3.44. The lowest BCUT2D eigenvalue weighted by molar-refractivity contribution is 0.102. The van der Waals surface area contributed by atoms with Crippen LogP contribution in [0.15, 0.2) is 42.7 Å². The highest BCUT2D eigenvalue weighted by Gasteiger charge is 2.19. The Hall–Kier alpha value is -3.14. The molecule has 0 radical (unpaired) electrons. The summed E-state index contributed by atoms with van der Waals surface area (Å²) in [5, 5.41) is 6.46. The molecule has 4 rings (SSSR count). The molecule has 1 aliphatic heterocycles. The van der Waals surface area contributed by atoms with Crippen LogP contribution in [-0.4, -0.2) is 65.6 Å². The van der Waals surface area contributed by atoms with Gasteiger partial charge in [0.25, 0.3) is 5.91 Å². The van der Waals surface area contributed by atoms with Gasteiger partial charge in [0.2, 0.25) is 11.8 Å². The maximum Gasteiger partial charge on any atom is 0.262 e. The standard InChI is InChI=1S/C23H25Cl2N7O2/c1-3-34-22-16(21(33)29-20-17(24)5-4-6-18(20)25)14-27-23(30-22)28-15-7-8-19(26-13-15)32-11-9-31(2)10-12-32/h4-8,13-14H,3,9-12H2,1-2H3,(H,29,33)(H,27,28,30). The monoisotopic (exact) mass is 501 g/mol. The van der Waals surface area contributed by atoms with E-state index in [1.165, 1.54) is 6.20 Å². The van der Waals surface area contributed by atoms with Gasteiger partial charge in [0.15, 0.2) is 0 Å². The lowest BCUT2D eigenvalue weighted by atomic mass is 10.2. The summed E-state index contributed by atoms with van der Waals surface area (Å²) in [4.78, 5) is 30.6. The van der Waals surface area contributed by atoms with Gasteiger partial charge < -0.3 is 25.2 Å². The first-order valence-corrected chi connectivity index (χ1v) is 11.6. The Balaban J connectivity index is 1.48. The Morgan fingerprint density at radius 2 is 1.79 bits per heavy atom. The van der Waals surface area contributed by atoms with Crippen LogP contribution in [0.3, 0.4) is 0 Å². The number of pyridine rings is 1. The lowest BCUT2D eigenvalue weighted by Crippen LogP contribution is -2.44. The third kappa shape index (κ3) is 5.67. The number of nitrogens with zero attached hydrogens (tertiary/aromatic N) is 5. The molecule has 1 saturated heterocycles. The van der Waals surface area contributed by atoms with Crippen molar-refractivity contribution in [1.29, 1.82) is 0 Å². The van der Waals surface area contributed by atoms with Crippen molar-refractivity contribution in [3.05, 3.63) is 58.3 Å². The van der Waals surface area contributed by atoms with Crippen molar-refractivity contribution < 1.29 is 9.53 Å². The minimum atomic E-state index is -0.483. The van der Waals surface area contributed by atoms with Crippen LogP contribution < -0.4 is 20.3 Å². The molecule has 1 fully saturated rings. The number of benzene rings is 1. The predicted octanol–water partition coefficient (Wildman–Crippen LogP) is 4.32. The van der Waals surface area contributed by atoms with Crippen molar-refractivity contribution in [2.24, 2.45) is 0 Å². The number of likely N-dealkylation sites (N-methyl/N-ethyl adjacent to an activating group) is 1. The zero-order valence-electron chi connectivity index (χ0n) is 18.9. The highest BCUT2D eigenvalue weighted by molar-refractivity contribution is 6.40. The first-order chi connectivity index (χ1) is 16.4. The maximum absolute atomic E-state index is 12.9. The molecule has 0 unspecified atom stereocenters. The Kier molecular flexibility index (Phi) is 7.66. The van der Waals surface area contributed by atoms with E-state index in [0.29, 0.717) is 22.3 Å². The first-order valence-electron chi connectivity index (χ1n) is 10.9. The Morgan fingerprint density at radius 1 is 1.06 bits per heavy atom. The number of rotatable bonds is 7. The van der Waals surface area contributed by atoms with Crippen LogP contribution in [0.1, 0.15) is 17.3 Å². The molecule has 0 atom stereocenters. The number of amides is 1. The van der Waals surface area contributed by atoms with E-state index >= 15 is 0 Å². The molecule has 1 aromatic carbocycles. The van der Waals surface area contributed by atoms with Crippen molar-refractivity contribution >= 4 is 52.3 Å². The minimum absolute atomic E-state index is 0.141. The normalized spacial score (nSPS) is 14.1. The van der Waals surface area contributed by atoms with Crippen LogP contribution in [0, 0.1) is 0 Å². The van der Waals surface area contributed by atoms with Crippen LogP contribution in [0.2, 0.25) is 10.0 Å². The highest BCUT2D eigenvalue weighted by Crippen LogP contribution is 2.31. The molecule has 2 aromatic heterocycles. The summed E-state index contributed by atoms with van der Waals surface area (Å²) in [6.07, 6.45) is 3.13. The fourth-order valence-corrected chi connectivity index (χ4v) is 3.93. The summed E-state index contributed by atoms with van der Waals surface area (Å²) in [5.74, 6) is 0.871. The summed E-state index contributed by atoms with van der Waals surface area (Å²) in [7, 11) is 2.12. The van der Waals surface area contributed by atoms with Gasteiger partial charge in [0, 0.05) is 32.4 Å².